The smallest absolute Gasteiger partial charge is 0.413 e. The molecule has 0 atom stereocenters. The van der Waals surface area contributed by atoms with E-state index in [0.717, 1.165) is 18.4 Å². The van der Waals surface area contributed by atoms with E-state index in [1.165, 1.54) is 5.57 Å². The molecule has 2 aromatic carbocycles. The number of phosphoric acid groups is 1. The monoisotopic (exact) mass is 516 g/mol. The van der Waals surface area contributed by atoms with E-state index in [0.29, 0.717) is 18.1 Å². The van der Waals surface area contributed by atoms with Gasteiger partial charge in [-0.3, -0.25) is 4.52 Å². The molecule has 2 rings (SSSR count). The fourth-order valence-electron chi connectivity index (χ4n) is 2.79. The topological polar surface area (TPSA) is 54.0 Å². The van der Waals surface area contributed by atoms with Crippen molar-refractivity contribution in [1.82, 2.24) is 0 Å². The van der Waals surface area contributed by atoms with Gasteiger partial charge < -0.3 is 13.5 Å². The van der Waals surface area contributed by atoms with Crippen LogP contribution in [0, 0.1) is 0 Å². The van der Waals surface area contributed by atoms with Gasteiger partial charge >= 0.3 is 7.82 Å². The number of hydrogen-bond donors (Lipinski definition) is 0. The summed E-state index contributed by atoms with van der Waals surface area (Å²) in [6.45, 7) is 16.2. The Hall–Kier alpha value is -2.11. The molecule has 7 heteroatoms. The molecule has 0 aliphatic rings. The molecular formula is C28H41O5PSi. The van der Waals surface area contributed by atoms with Gasteiger partial charge in [-0.15, -0.1) is 0 Å². The Bertz CT molecular complexity index is 965. The maximum Gasteiger partial charge on any atom is 0.587 e. The standard InChI is InChI=1S/C28H41O5PSi/c1-24(21-22-31-35(6,7)28(3,4)5)15-14-16-25(2)23-30-34(29,32-26-17-10-8-11-18-26)33-27-19-12-9-13-20-27/h8-13,16-21H,14-15,22-23H2,1-7H3/b24-21+,25-16+. The van der Waals surface area contributed by atoms with Crippen molar-refractivity contribution in [2.45, 2.75) is 65.6 Å². The molecule has 2 aromatic rings. The number of allylic oxidation sites excluding steroid dienone is 2. The van der Waals surface area contributed by atoms with E-state index in [9.17, 15) is 4.57 Å². The van der Waals surface area contributed by atoms with Gasteiger partial charge in [0.2, 0.25) is 0 Å². The van der Waals surface area contributed by atoms with Gasteiger partial charge in [0.1, 0.15) is 11.5 Å². The summed E-state index contributed by atoms with van der Waals surface area (Å²) in [4.78, 5) is 0. The number of para-hydroxylation sites is 2. The van der Waals surface area contributed by atoms with Gasteiger partial charge in [-0.2, -0.15) is 0 Å². The highest BCUT2D eigenvalue weighted by molar-refractivity contribution is 7.49. The molecule has 192 valence electrons. The number of phosphoric ester groups is 1. The summed E-state index contributed by atoms with van der Waals surface area (Å²) < 4.78 is 36.6. The molecule has 0 saturated carbocycles. The molecule has 0 fully saturated rings. The highest BCUT2D eigenvalue weighted by Crippen LogP contribution is 2.49. The largest absolute Gasteiger partial charge is 0.587 e. The predicted octanol–water partition coefficient (Wildman–Crippen LogP) is 8.96. The molecule has 0 spiro atoms. The molecule has 0 unspecified atom stereocenters. The second kappa shape index (κ2) is 13.3. The Morgan fingerprint density at radius 1 is 0.857 bits per heavy atom. The maximum absolute atomic E-state index is 13.4. The quantitative estimate of drug-likeness (QED) is 0.151. The Morgan fingerprint density at radius 3 is 1.86 bits per heavy atom. The molecule has 0 N–H and O–H groups in total. The summed E-state index contributed by atoms with van der Waals surface area (Å²) in [5.74, 6) is 0.850. The van der Waals surface area contributed by atoms with Crippen molar-refractivity contribution in [2.75, 3.05) is 13.2 Å². The van der Waals surface area contributed by atoms with Crippen LogP contribution in [0.4, 0.5) is 0 Å². The summed E-state index contributed by atoms with van der Waals surface area (Å²) in [5.41, 5.74) is 2.25. The SMILES string of the molecule is C/C(=C\CO[Si](C)(C)C(C)(C)C)CC/C=C(\C)COP(=O)(Oc1ccccc1)Oc1ccccc1. The minimum atomic E-state index is -3.88. The number of hydrogen-bond acceptors (Lipinski definition) is 5. The van der Waals surface area contributed by atoms with E-state index in [2.05, 4.69) is 52.9 Å². The van der Waals surface area contributed by atoms with Crippen molar-refractivity contribution in [3.05, 3.63) is 84.0 Å². The van der Waals surface area contributed by atoms with Crippen LogP contribution in [0.25, 0.3) is 0 Å². The summed E-state index contributed by atoms with van der Waals surface area (Å²) in [7, 11) is -5.61. The Morgan fingerprint density at radius 2 is 1.37 bits per heavy atom. The van der Waals surface area contributed by atoms with Crippen LogP contribution in [-0.2, 0) is 13.5 Å². The van der Waals surface area contributed by atoms with Crippen molar-refractivity contribution in [2.24, 2.45) is 0 Å². The van der Waals surface area contributed by atoms with Crippen molar-refractivity contribution in [3.8, 4) is 11.5 Å². The van der Waals surface area contributed by atoms with E-state index >= 15 is 0 Å². The third-order valence-electron chi connectivity index (χ3n) is 6.08. The Balaban J connectivity index is 1.91. The fourth-order valence-corrected chi connectivity index (χ4v) is 4.99. The molecule has 0 radical (unpaired) electrons. The second-order valence-corrected chi connectivity index (χ2v) is 16.6. The summed E-state index contributed by atoms with van der Waals surface area (Å²) in [6.07, 6.45) is 6.06. The summed E-state index contributed by atoms with van der Waals surface area (Å²) >= 11 is 0. The zero-order valence-corrected chi connectivity index (χ0v) is 24.1. The van der Waals surface area contributed by atoms with Crippen LogP contribution in [0.3, 0.4) is 0 Å². The lowest BCUT2D eigenvalue weighted by Crippen LogP contribution is -2.40. The normalized spacial score (nSPS) is 13.6. The first-order valence-electron chi connectivity index (χ1n) is 12.1. The third kappa shape index (κ3) is 10.6. The third-order valence-corrected chi connectivity index (χ3v) is 11.9. The molecule has 0 heterocycles. The van der Waals surface area contributed by atoms with Gasteiger partial charge in [-0.1, -0.05) is 80.5 Å². The lowest BCUT2D eigenvalue weighted by molar-refractivity contribution is 0.225. The van der Waals surface area contributed by atoms with Crippen LogP contribution >= 0.6 is 7.82 Å². The van der Waals surface area contributed by atoms with Crippen LogP contribution in [-0.4, -0.2) is 21.5 Å². The van der Waals surface area contributed by atoms with Gasteiger partial charge in [0.25, 0.3) is 0 Å². The fraction of sp³-hybridized carbons (Fsp3) is 0.429. The molecule has 0 bridgehead atoms. The van der Waals surface area contributed by atoms with E-state index < -0.39 is 16.1 Å². The van der Waals surface area contributed by atoms with Gasteiger partial charge in [0.15, 0.2) is 8.32 Å². The van der Waals surface area contributed by atoms with Crippen LogP contribution in [0.2, 0.25) is 18.1 Å². The highest BCUT2D eigenvalue weighted by atomic mass is 31.2. The Labute approximate surface area is 212 Å². The molecule has 0 aromatic heterocycles. The van der Waals surface area contributed by atoms with Gasteiger partial charge in [0.05, 0.1) is 13.2 Å². The molecule has 0 amide bonds. The average Bonchev–Trinajstić information content (AvgIpc) is 2.78. The van der Waals surface area contributed by atoms with E-state index in [1.807, 2.05) is 19.1 Å². The van der Waals surface area contributed by atoms with Crippen molar-refractivity contribution in [3.63, 3.8) is 0 Å². The number of benzene rings is 2. The zero-order chi connectivity index (χ0) is 26.0. The minimum absolute atomic E-state index is 0.147. The molecule has 0 saturated heterocycles. The second-order valence-electron chi connectivity index (χ2n) is 10.2. The minimum Gasteiger partial charge on any atom is -0.413 e. The van der Waals surface area contributed by atoms with Crippen LogP contribution in [0.5, 0.6) is 11.5 Å². The molecule has 0 aliphatic carbocycles. The molecule has 5 nitrogen and oxygen atoms in total. The van der Waals surface area contributed by atoms with Gasteiger partial charge in [0, 0.05) is 0 Å². The van der Waals surface area contributed by atoms with Crippen molar-refractivity contribution >= 4 is 16.1 Å². The Kier molecular flexibility index (Phi) is 11.0. The predicted molar refractivity (Wildman–Crippen MR) is 148 cm³/mol. The van der Waals surface area contributed by atoms with E-state index in [4.69, 9.17) is 18.0 Å². The van der Waals surface area contributed by atoms with Gasteiger partial charge in [-0.25, -0.2) is 4.57 Å². The zero-order valence-electron chi connectivity index (χ0n) is 22.2. The highest BCUT2D eigenvalue weighted by Gasteiger charge is 2.36. The molecular weight excluding hydrogens is 475 g/mol. The first-order valence-corrected chi connectivity index (χ1v) is 16.5. The maximum atomic E-state index is 13.4. The van der Waals surface area contributed by atoms with E-state index in [-0.39, 0.29) is 11.6 Å². The summed E-state index contributed by atoms with van der Waals surface area (Å²) in [5, 5.41) is 0.211. The molecule has 0 aliphatic heterocycles. The first kappa shape index (κ1) is 29.1. The van der Waals surface area contributed by atoms with Crippen LogP contribution in [0.15, 0.2) is 84.0 Å². The van der Waals surface area contributed by atoms with Crippen LogP contribution in [0.1, 0.15) is 47.5 Å². The van der Waals surface area contributed by atoms with Gasteiger partial charge in [-0.05, 0) is 69.1 Å². The summed E-state index contributed by atoms with van der Waals surface area (Å²) in [6, 6.07) is 17.8. The first-order chi connectivity index (χ1) is 16.4. The lowest BCUT2D eigenvalue weighted by Gasteiger charge is -2.35. The average molecular weight is 517 g/mol. The van der Waals surface area contributed by atoms with Crippen LogP contribution < -0.4 is 9.05 Å². The molecule has 35 heavy (non-hydrogen) atoms. The van der Waals surface area contributed by atoms with E-state index in [1.54, 1.807) is 48.5 Å². The van der Waals surface area contributed by atoms with Crippen molar-refractivity contribution < 1.29 is 22.6 Å². The number of rotatable bonds is 13. The lowest BCUT2D eigenvalue weighted by atomic mass is 10.1. The van der Waals surface area contributed by atoms with Crippen molar-refractivity contribution in [1.29, 1.82) is 0 Å².